The van der Waals surface area contributed by atoms with E-state index in [2.05, 4.69) is 10.1 Å². The minimum absolute atomic E-state index is 0.0732. The molecule has 0 fully saturated rings. The smallest absolute Gasteiger partial charge is 0.387 e. The van der Waals surface area contributed by atoms with Crippen LogP contribution in [0.2, 0.25) is 5.02 Å². The van der Waals surface area contributed by atoms with Gasteiger partial charge in [-0.2, -0.15) is 8.78 Å². The summed E-state index contributed by atoms with van der Waals surface area (Å²) in [6, 6.07) is 9.98. The van der Waals surface area contributed by atoms with Crippen LogP contribution in [0.4, 0.5) is 8.78 Å². The maximum atomic E-state index is 12.5. The monoisotopic (exact) mass is 413 g/mol. The number of aryl methyl sites for hydroxylation is 1. The van der Waals surface area contributed by atoms with E-state index in [1.807, 2.05) is 13.0 Å². The molecule has 1 amide bonds. The van der Waals surface area contributed by atoms with Gasteiger partial charge >= 0.3 is 6.61 Å². The Balaban J connectivity index is 1.75. The predicted molar refractivity (Wildman–Crippen MR) is 102 cm³/mol. The largest absolute Gasteiger partial charge is 0.494 e. The molecular weight excluding hydrogens is 392 g/mol. The first kappa shape index (κ1) is 21.8. The molecule has 0 aliphatic heterocycles. The molecule has 2 rings (SSSR count). The molecule has 152 valence electrons. The zero-order chi connectivity index (χ0) is 20.5. The first-order valence-electron chi connectivity index (χ1n) is 8.66. The van der Waals surface area contributed by atoms with Gasteiger partial charge in [-0.3, -0.25) is 4.79 Å². The SMILES string of the molecule is COc1ccc(CNC(=O)CCCOc2ccc(Cl)c(C)c2)cc1OC(F)F. The molecule has 0 atom stereocenters. The topological polar surface area (TPSA) is 56.8 Å². The maximum absolute atomic E-state index is 12.5. The first-order chi connectivity index (χ1) is 13.4. The summed E-state index contributed by atoms with van der Waals surface area (Å²) in [5.41, 5.74) is 1.55. The molecule has 2 aromatic carbocycles. The van der Waals surface area contributed by atoms with Gasteiger partial charge in [0.1, 0.15) is 5.75 Å². The van der Waals surface area contributed by atoms with Gasteiger partial charge < -0.3 is 19.5 Å². The van der Waals surface area contributed by atoms with E-state index in [1.54, 1.807) is 18.2 Å². The minimum atomic E-state index is -2.96. The molecule has 0 heterocycles. The van der Waals surface area contributed by atoms with Gasteiger partial charge in [0.25, 0.3) is 0 Å². The number of benzene rings is 2. The van der Waals surface area contributed by atoms with Gasteiger partial charge in [-0.1, -0.05) is 17.7 Å². The Kier molecular flexibility index (Phi) is 8.32. The van der Waals surface area contributed by atoms with E-state index >= 15 is 0 Å². The van der Waals surface area contributed by atoms with Crippen LogP contribution >= 0.6 is 11.6 Å². The number of hydrogen-bond donors (Lipinski definition) is 1. The third-order valence-electron chi connectivity index (χ3n) is 3.88. The fraction of sp³-hybridized carbons (Fsp3) is 0.350. The molecule has 0 aromatic heterocycles. The van der Waals surface area contributed by atoms with E-state index in [9.17, 15) is 13.6 Å². The fourth-order valence-electron chi connectivity index (χ4n) is 2.44. The third kappa shape index (κ3) is 6.88. The van der Waals surface area contributed by atoms with Crippen molar-refractivity contribution in [2.45, 2.75) is 32.9 Å². The van der Waals surface area contributed by atoms with Gasteiger partial charge in [-0.05, 0) is 54.8 Å². The van der Waals surface area contributed by atoms with E-state index in [0.717, 1.165) is 5.56 Å². The number of methoxy groups -OCH3 is 1. The molecule has 2 aromatic rings. The van der Waals surface area contributed by atoms with E-state index in [0.29, 0.717) is 29.4 Å². The molecule has 8 heteroatoms. The lowest BCUT2D eigenvalue weighted by atomic mass is 10.2. The van der Waals surface area contributed by atoms with Crippen molar-refractivity contribution < 1.29 is 27.8 Å². The lowest BCUT2D eigenvalue weighted by Gasteiger charge is -2.12. The molecule has 28 heavy (non-hydrogen) atoms. The number of amides is 1. The van der Waals surface area contributed by atoms with Crippen LogP contribution in [0.3, 0.4) is 0 Å². The summed E-state index contributed by atoms with van der Waals surface area (Å²) in [6.07, 6.45) is 0.818. The Bertz CT molecular complexity index is 802. The lowest BCUT2D eigenvalue weighted by Crippen LogP contribution is -2.23. The normalized spacial score (nSPS) is 10.6. The van der Waals surface area contributed by atoms with Crippen molar-refractivity contribution >= 4 is 17.5 Å². The molecule has 0 unspecified atom stereocenters. The lowest BCUT2D eigenvalue weighted by molar-refractivity contribution is -0.121. The Hall–Kier alpha value is -2.54. The first-order valence-corrected chi connectivity index (χ1v) is 9.04. The highest BCUT2D eigenvalue weighted by molar-refractivity contribution is 6.31. The maximum Gasteiger partial charge on any atom is 0.387 e. The van der Waals surface area contributed by atoms with Crippen LogP contribution in [0.15, 0.2) is 36.4 Å². The number of rotatable bonds is 10. The number of alkyl halides is 2. The second kappa shape index (κ2) is 10.7. The van der Waals surface area contributed by atoms with Crippen LogP contribution in [0.5, 0.6) is 17.2 Å². The molecule has 0 radical (unpaired) electrons. The summed E-state index contributed by atoms with van der Waals surface area (Å²) in [5, 5.41) is 3.41. The number of ether oxygens (including phenoxy) is 3. The zero-order valence-corrected chi connectivity index (χ0v) is 16.4. The van der Waals surface area contributed by atoms with Gasteiger partial charge in [0, 0.05) is 18.0 Å². The van der Waals surface area contributed by atoms with E-state index < -0.39 is 6.61 Å². The summed E-state index contributed by atoms with van der Waals surface area (Å²) in [5.74, 6) is 0.663. The molecular formula is C20H22ClF2NO4. The highest BCUT2D eigenvalue weighted by atomic mass is 35.5. The van der Waals surface area contributed by atoms with Crippen LogP contribution in [0, 0.1) is 6.92 Å². The minimum Gasteiger partial charge on any atom is -0.494 e. The molecule has 0 spiro atoms. The average molecular weight is 414 g/mol. The Morgan fingerprint density at radius 3 is 2.64 bits per heavy atom. The molecule has 5 nitrogen and oxygen atoms in total. The van der Waals surface area contributed by atoms with Crippen molar-refractivity contribution in [3.8, 4) is 17.2 Å². The number of nitrogens with one attached hydrogen (secondary N) is 1. The molecule has 1 N–H and O–H groups in total. The van der Waals surface area contributed by atoms with Crippen LogP contribution < -0.4 is 19.5 Å². The van der Waals surface area contributed by atoms with E-state index in [-0.39, 0.29) is 30.4 Å². The highest BCUT2D eigenvalue weighted by Crippen LogP contribution is 2.29. The molecule has 0 aliphatic carbocycles. The summed E-state index contributed by atoms with van der Waals surface area (Å²) < 4.78 is 39.9. The number of carbonyl (C=O) groups is 1. The van der Waals surface area contributed by atoms with Crippen LogP contribution in [-0.4, -0.2) is 26.2 Å². The van der Waals surface area contributed by atoms with Crippen molar-refractivity contribution in [2.24, 2.45) is 0 Å². The molecule has 0 aliphatic rings. The van der Waals surface area contributed by atoms with Crippen molar-refractivity contribution in [3.63, 3.8) is 0 Å². The summed E-state index contributed by atoms with van der Waals surface area (Å²) in [7, 11) is 1.36. The Morgan fingerprint density at radius 2 is 1.96 bits per heavy atom. The third-order valence-corrected chi connectivity index (χ3v) is 4.30. The summed E-state index contributed by atoms with van der Waals surface area (Å²) in [6.45, 7) is -0.481. The zero-order valence-electron chi connectivity index (χ0n) is 15.6. The van der Waals surface area contributed by atoms with Crippen LogP contribution in [-0.2, 0) is 11.3 Å². The summed E-state index contributed by atoms with van der Waals surface area (Å²) >= 11 is 5.96. The quantitative estimate of drug-likeness (QED) is 0.572. The Labute approximate surface area is 167 Å². The van der Waals surface area contributed by atoms with Crippen molar-refractivity contribution in [3.05, 3.63) is 52.5 Å². The van der Waals surface area contributed by atoms with Crippen molar-refractivity contribution in [1.29, 1.82) is 0 Å². The Morgan fingerprint density at radius 1 is 1.18 bits per heavy atom. The van der Waals surface area contributed by atoms with Gasteiger partial charge in [-0.25, -0.2) is 0 Å². The number of hydrogen-bond acceptors (Lipinski definition) is 4. The summed E-state index contributed by atoms with van der Waals surface area (Å²) in [4.78, 5) is 12.0. The van der Waals surface area contributed by atoms with Gasteiger partial charge in [0.15, 0.2) is 11.5 Å². The van der Waals surface area contributed by atoms with Crippen LogP contribution in [0.1, 0.15) is 24.0 Å². The second-order valence-corrected chi connectivity index (χ2v) is 6.41. The van der Waals surface area contributed by atoms with Gasteiger partial charge in [0.05, 0.1) is 13.7 Å². The fourth-order valence-corrected chi connectivity index (χ4v) is 2.56. The molecule has 0 saturated carbocycles. The standard InChI is InChI=1S/C20H22ClF2NO4/c1-13-10-15(6-7-16(13)21)27-9-3-4-19(25)24-12-14-5-8-17(26-2)18(11-14)28-20(22)23/h5-8,10-11,20H,3-4,9,12H2,1-2H3,(H,24,25). The van der Waals surface area contributed by atoms with Crippen molar-refractivity contribution in [1.82, 2.24) is 5.32 Å². The van der Waals surface area contributed by atoms with E-state index in [4.69, 9.17) is 21.1 Å². The highest BCUT2D eigenvalue weighted by Gasteiger charge is 2.12. The molecule has 0 bridgehead atoms. The van der Waals surface area contributed by atoms with Gasteiger partial charge in [0.2, 0.25) is 5.91 Å². The van der Waals surface area contributed by atoms with Gasteiger partial charge in [-0.15, -0.1) is 0 Å². The predicted octanol–water partition coefficient (Wildman–Crippen LogP) is 4.73. The number of carbonyl (C=O) groups excluding carboxylic acids is 1. The van der Waals surface area contributed by atoms with E-state index in [1.165, 1.54) is 19.2 Å². The van der Waals surface area contributed by atoms with Crippen molar-refractivity contribution in [2.75, 3.05) is 13.7 Å². The second-order valence-electron chi connectivity index (χ2n) is 6.00. The average Bonchev–Trinajstić information content (AvgIpc) is 2.66. The van der Waals surface area contributed by atoms with Crippen LogP contribution in [0.25, 0.3) is 0 Å². The number of halogens is 3. The molecule has 0 saturated heterocycles.